The molecule has 0 aromatic heterocycles. The first-order valence-corrected chi connectivity index (χ1v) is 9.23. The van der Waals surface area contributed by atoms with E-state index in [1.165, 1.54) is 11.0 Å². The summed E-state index contributed by atoms with van der Waals surface area (Å²) < 4.78 is 14.0. The van der Waals surface area contributed by atoms with E-state index in [0.29, 0.717) is 10.6 Å². The summed E-state index contributed by atoms with van der Waals surface area (Å²) >= 11 is 5.92. The monoisotopic (exact) mass is 390 g/mol. The Hall–Kier alpha value is -2.40. The molecule has 144 valence electrons. The molecule has 0 saturated carbocycles. The number of amides is 2. The predicted molar refractivity (Wildman–Crippen MR) is 105 cm³/mol. The molecule has 0 unspecified atom stereocenters. The summed E-state index contributed by atoms with van der Waals surface area (Å²) in [5.74, 6) is -1.00. The van der Waals surface area contributed by atoms with Gasteiger partial charge in [-0.2, -0.15) is 0 Å². The maximum absolute atomic E-state index is 14.0. The van der Waals surface area contributed by atoms with Crippen LogP contribution in [0.4, 0.5) is 4.39 Å². The fourth-order valence-corrected chi connectivity index (χ4v) is 2.81. The smallest absolute Gasteiger partial charge is 0.242 e. The van der Waals surface area contributed by atoms with Gasteiger partial charge in [-0.15, -0.1) is 0 Å². The predicted octanol–water partition coefficient (Wildman–Crippen LogP) is 3.96. The minimum atomic E-state index is -0.692. The highest BCUT2D eigenvalue weighted by molar-refractivity contribution is 6.30. The van der Waals surface area contributed by atoms with Gasteiger partial charge in [0.05, 0.1) is 6.42 Å². The lowest BCUT2D eigenvalue weighted by Crippen LogP contribution is -2.49. The van der Waals surface area contributed by atoms with Crippen LogP contribution in [0.2, 0.25) is 5.02 Å². The van der Waals surface area contributed by atoms with Crippen molar-refractivity contribution in [3.8, 4) is 0 Å². The fourth-order valence-electron chi connectivity index (χ4n) is 2.68. The molecule has 4 nitrogen and oxygen atoms in total. The van der Waals surface area contributed by atoms with Gasteiger partial charge in [0.25, 0.3) is 0 Å². The zero-order valence-corrected chi connectivity index (χ0v) is 16.5. The number of carbonyl (C=O) groups is 2. The highest BCUT2D eigenvalue weighted by atomic mass is 35.5. The maximum Gasteiger partial charge on any atom is 0.242 e. The lowest BCUT2D eigenvalue weighted by atomic mass is 10.1. The van der Waals surface area contributed by atoms with Crippen LogP contribution in [0.5, 0.6) is 0 Å². The van der Waals surface area contributed by atoms with Crippen molar-refractivity contribution >= 4 is 23.4 Å². The van der Waals surface area contributed by atoms with Gasteiger partial charge in [0.1, 0.15) is 11.9 Å². The Kier molecular flexibility index (Phi) is 7.36. The number of benzene rings is 2. The second kappa shape index (κ2) is 9.51. The number of hydrogen-bond donors (Lipinski definition) is 1. The summed E-state index contributed by atoms with van der Waals surface area (Å²) in [5.41, 5.74) is 1.14. The highest BCUT2D eigenvalue weighted by Gasteiger charge is 2.27. The van der Waals surface area contributed by atoms with Crippen LogP contribution >= 0.6 is 11.6 Å². The second-order valence-corrected chi connectivity index (χ2v) is 7.19. The van der Waals surface area contributed by atoms with Crippen molar-refractivity contribution in [2.45, 2.75) is 45.8 Å². The molecule has 0 heterocycles. The molecule has 0 aliphatic carbocycles. The molecule has 2 rings (SSSR count). The molecule has 1 N–H and O–H groups in total. The van der Waals surface area contributed by atoms with Crippen molar-refractivity contribution in [3.63, 3.8) is 0 Å². The lowest BCUT2D eigenvalue weighted by molar-refractivity contribution is -0.140. The van der Waals surface area contributed by atoms with E-state index in [0.717, 1.165) is 5.56 Å². The number of carbonyl (C=O) groups excluding carboxylic acids is 2. The molecule has 0 aliphatic rings. The molecule has 6 heteroatoms. The first-order chi connectivity index (χ1) is 12.8. The standard InChI is InChI=1S/C21H24ClFN2O2/c1-14(2)24-21(27)15(3)25(13-16-8-10-18(22)11-9-16)20(26)12-17-6-4-5-7-19(17)23/h4-11,14-15H,12-13H2,1-3H3,(H,24,27)/t15-/m0/s1. The van der Waals surface area contributed by atoms with Crippen molar-refractivity contribution in [1.29, 1.82) is 0 Å². The van der Waals surface area contributed by atoms with Gasteiger partial charge >= 0.3 is 0 Å². The SMILES string of the molecule is CC(C)NC(=O)[C@H](C)N(Cc1ccc(Cl)cc1)C(=O)Cc1ccccc1F. The van der Waals surface area contributed by atoms with Gasteiger partial charge in [-0.3, -0.25) is 9.59 Å². The van der Waals surface area contributed by atoms with E-state index in [9.17, 15) is 14.0 Å². The average Bonchev–Trinajstić information content (AvgIpc) is 2.62. The number of nitrogens with zero attached hydrogens (tertiary/aromatic N) is 1. The summed E-state index contributed by atoms with van der Waals surface area (Å²) in [6.07, 6.45) is -0.112. The molecule has 27 heavy (non-hydrogen) atoms. The summed E-state index contributed by atoms with van der Waals surface area (Å²) in [4.78, 5) is 26.8. The maximum atomic E-state index is 14.0. The molecule has 1 atom stereocenters. The molecule has 0 aliphatic heterocycles. The first kappa shape index (κ1) is 20.9. The number of hydrogen-bond acceptors (Lipinski definition) is 2. The Bertz CT molecular complexity index is 793. The van der Waals surface area contributed by atoms with E-state index in [1.54, 1.807) is 49.4 Å². The van der Waals surface area contributed by atoms with E-state index in [-0.39, 0.29) is 30.8 Å². The van der Waals surface area contributed by atoms with Gasteiger partial charge in [0.2, 0.25) is 11.8 Å². The van der Waals surface area contributed by atoms with Crippen molar-refractivity contribution in [1.82, 2.24) is 10.2 Å². The van der Waals surface area contributed by atoms with E-state index in [1.807, 2.05) is 13.8 Å². The molecule has 0 saturated heterocycles. The van der Waals surface area contributed by atoms with E-state index < -0.39 is 11.9 Å². The van der Waals surface area contributed by atoms with Crippen molar-refractivity contribution in [2.75, 3.05) is 0 Å². The third kappa shape index (κ3) is 6.07. The summed E-state index contributed by atoms with van der Waals surface area (Å²) in [7, 11) is 0. The average molecular weight is 391 g/mol. The number of halogens is 2. The summed E-state index contributed by atoms with van der Waals surface area (Å²) in [6.45, 7) is 5.62. The second-order valence-electron chi connectivity index (χ2n) is 6.76. The number of rotatable bonds is 7. The molecule has 2 amide bonds. The molecule has 0 radical (unpaired) electrons. The quantitative estimate of drug-likeness (QED) is 0.777. The van der Waals surface area contributed by atoms with E-state index >= 15 is 0 Å². The molecular formula is C21H24ClFN2O2. The highest BCUT2D eigenvalue weighted by Crippen LogP contribution is 2.16. The lowest BCUT2D eigenvalue weighted by Gasteiger charge is -2.29. The largest absolute Gasteiger partial charge is 0.352 e. The van der Waals surface area contributed by atoms with Crippen LogP contribution in [0.1, 0.15) is 31.9 Å². The summed E-state index contributed by atoms with van der Waals surface area (Å²) in [6, 6.07) is 12.5. The minimum absolute atomic E-state index is 0.0426. The van der Waals surface area contributed by atoms with Crippen molar-refractivity contribution in [2.24, 2.45) is 0 Å². The first-order valence-electron chi connectivity index (χ1n) is 8.85. The Balaban J connectivity index is 2.24. The zero-order valence-electron chi connectivity index (χ0n) is 15.7. The zero-order chi connectivity index (χ0) is 20.0. The van der Waals surface area contributed by atoms with Crippen LogP contribution in [0.3, 0.4) is 0 Å². The molecule has 2 aromatic rings. The molecule has 0 fully saturated rings. The van der Waals surface area contributed by atoms with Gasteiger partial charge < -0.3 is 10.2 Å². The normalized spacial score (nSPS) is 11.9. The van der Waals surface area contributed by atoms with Gasteiger partial charge in [-0.25, -0.2) is 4.39 Å². The Morgan fingerprint density at radius 3 is 2.30 bits per heavy atom. The van der Waals surface area contributed by atoms with Crippen molar-refractivity contribution in [3.05, 3.63) is 70.5 Å². The fraction of sp³-hybridized carbons (Fsp3) is 0.333. The van der Waals surface area contributed by atoms with Gasteiger partial charge in [0.15, 0.2) is 0 Å². The number of nitrogens with one attached hydrogen (secondary N) is 1. The van der Waals surface area contributed by atoms with Gasteiger partial charge in [-0.1, -0.05) is 41.9 Å². The summed E-state index contributed by atoms with van der Waals surface area (Å²) in [5, 5.41) is 3.41. The van der Waals surface area contributed by atoms with Crippen LogP contribution in [0.25, 0.3) is 0 Å². The van der Waals surface area contributed by atoms with Crippen LogP contribution in [0.15, 0.2) is 48.5 Å². The van der Waals surface area contributed by atoms with E-state index in [2.05, 4.69) is 5.32 Å². The van der Waals surface area contributed by atoms with Crippen molar-refractivity contribution < 1.29 is 14.0 Å². The van der Waals surface area contributed by atoms with E-state index in [4.69, 9.17) is 11.6 Å². The molecule has 0 bridgehead atoms. The Morgan fingerprint density at radius 2 is 1.70 bits per heavy atom. The Labute approximate surface area is 164 Å². The topological polar surface area (TPSA) is 49.4 Å². The van der Waals surface area contributed by atoms with Crippen LogP contribution < -0.4 is 5.32 Å². The van der Waals surface area contributed by atoms with Crippen LogP contribution in [0, 0.1) is 5.82 Å². The van der Waals surface area contributed by atoms with Crippen LogP contribution in [-0.4, -0.2) is 28.8 Å². The Morgan fingerprint density at radius 1 is 1.07 bits per heavy atom. The third-order valence-corrected chi connectivity index (χ3v) is 4.42. The van der Waals surface area contributed by atoms with Gasteiger partial charge in [0, 0.05) is 17.6 Å². The molecule has 0 spiro atoms. The third-order valence-electron chi connectivity index (χ3n) is 4.16. The molecule has 2 aromatic carbocycles. The van der Waals surface area contributed by atoms with Crippen LogP contribution in [-0.2, 0) is 22.6 Å². The molecular weight excluding hydrogens is 367 g/mol. The minimum Gasteiger partial charge on any atom is -0.352 e. The van der Waals surface area contributed by atoms with Gasteiger partial charge in [-0.05, 0) is 50.1 Å².